The fourth-order valence-electron chi connectivity index (χ4n) is 2.80. The molecule has 23 heavy (non-hydrogen) atoms. The van der Waals surface area contributed by atoms with E-state index in [0.29, 0.717) is 11.6 Å². The van der Waals surface area contributed by atoms with E-state index in [1.807, 2.05) is 18.2 Å². The highest BCUT2D eigenvalue weighted by molar-refractivity contribution is 6.30. The van der Waals surface area contributed by atoms with Gasteiger partial charge in [0.25, 0.3) is 0 Å². The van der Waals surface area contributed by atoms with E-state index in [-0.39, 0.29) is 5.92 Å². The van der Waals surface area contributed by atoms with Crippen LogP contribution in [0.2, 0.25) is 5.02 Å². The van der Waals surface area contributed by atoms with Gasteiger partial charge in [-0.1, -0.05) is 17.7 Å². The number of halogens is 1. The second kappa shape index (κ2) is 7.71. The number of methoxy groups -OCH3 is 2. The number of rotatable bonds is 6. The Labute approximate surface area is 143 Å². The van der Waals surface area contributed by atoms with Gasteiger partial charge in [0.15, 0.2) is 0 Å². The molecule has 2 rings (SSSR count). The molecule has 0 aromatic heterocycles. The van der Waals surface area contributed by atoms with Gasteiger partial charge in [-0.25, -0.2) is 0 Å². The second-order valence-corrected chi connectivity index (χ2v) is 6.21. The van der Waals surface area contributed by atoms with Crippen LogP contribution < -0.4 is 15.2 Å². The van der Waals surface area contributed by atoms with Gasteiger partial charge in [-0.05, 0) is 73.3 Å². The van der Waals surface area contributed by atoms with Crippen molar-refractivity contribution in [2.75, 3.05) is 20.8 Å². The maximum atomic E-state index is 6.14. The summed E-state index contributed by atoms with van der Waals surface area (Å²) in [6.45, 7) is 4.71. The molecule has 2 aromatic rings. The van der Waals surface area contributed by atoms with Gasteiger partial charge in [-0.3, -0.25) is 0 Å². The van der Waals surface area contributed by atoms with Crippen molar-refractivity contribution in [2.24, 2.45) is 5.73 Å². The molecule has 0 saturated carbocycles. The fourth-order valence-corrected chi connectivity index (χ4v) is 2.99. The van der Waals surface area contributed by atoms with Crippen LogP contribution in [0.5, 0.6) is 11.5 Å². The minimum Gasteiger partial charge on any atom is -0.496 e. The van der Waals surface area contributed by atoms with Crippen LogP contribution in [0, 0.1) is 13.8 Å². The van der Waals surface area contributed by atoms with Gasteiger partial charge in [0.2, 0.25) is 0 Å². The summed E-state index contributed by atoms with van der Waals surface area (Å²) in [5.74, 6) is 1.84. The Morgan fingerprint density at radius 3 is 2.26 bits per heavy atom. The zero-order valence-corrected chi connectivity index (χ0v) is 14.9. The van der Waals surface area contributed by atoms with Gasteiger partial charge in [0.1, 0.15) is 11.5 Å². The molecular weight excluding hydrogens is 310 g/mol. The van der Waals surface area contributed by atoms with Crippen molar-refractivity contribution in [3.8, 4) is 11.5 Å². The summed E-state index contributed by atoms with van der Waals surface area (Å²) in [7, 11) is 3.36. The monoisotopic (exact) mass is 333 g/mol. The molecule has 0 heterocycles. The van der Waals surface area contributed by atoms with Gasteiger partial charge in [0.05, 0.1) is 14.2 Å². The molecule has 0 aliphatic rings. The van der Waals surface area contributed by atoms with Crippen LogP contribution in [0.25, 0.3) is 0 Å². The Hall–Kier alpha value is -1.71. The van der Waals surface area contributed by atoms with Crippen molar-refractivity contribution in [3.05, 3.63) is 57.6 Å². The zero-order chi connectivity index (χ0) is 17.0. The molecule has 1 unspecified atom stereocenters. The summed E-state index contributed by atoms with van der Waals surface area (Å²) < 4.78 is 11.0. The van der Waals surface area contributed by atoms with Crippen molar-refractivity contribution >= 4 is 11.6 Å². The van der Waals surface area contributed by atoms with Crippen LogP contribution in [0.1, 0.15) is 28.2 Å². The molecule has 0 spiro atoms. The van der Waals surface area contributed by atoms with Crippen LogP contribution in [-0.2, 0) is 6.42 Å². The van der Waals surface area contributed by atoms with Crippen molar-refractivity contribution in [3.63, 3.8) is 0 Å². The SMILES string of the molecule is COc1ccc(Cl)cc1CC(CN)c1cc(C)c(C)cc1OC. The first-order valence-electron chi connectivity index (χ1n) is 7.67. The molecule has 0 saturated heterocycles. The van der Waals surface area contributed by atoms with Gasteiger partial charge in [-0.2, -0.15) is 0 Å². The van der Waals surface area contributed by atoms with Gasteiger partial charge < -0.3 is 15.2 Å². The predicted octanol–water partition coefficient (Wildman–Crippen LogP) is 4.26. The molecule has 0 radical (unpaired) electrons. The number of hydrogen-bond donors (Lipinski definition) is 1. The molecule has 0 aliphatic carbocycles. The highest BCUT2D eigenvalue weighted by atomic mass is 35.5. The molecular formula is C19H24ClNO2. The molecule has 0 amide bonds. The Balaban J connectivity index is 2.41. The topological polar surface area (TPSA) is 44.5 Å². The fraction of sp³-hybridized carbons (Fsp3) is 0.368. The Kier molecular flexibility index (Phi) is 5.91. The first-order chi connectivity index (χ1) is 11.0. The molecule has 0 fully saturated rings. The maximum Gasteiger partial charge on any atom is 0.122 e. The lowest BCUT2D eigenvalue weighted by Crippen LogP contribution is -2.16. The largest absolute Gasteiger partial charge is 0.496 e. The number of benzene rings is 2. The minimum atomic E-state index is 0.136. The van der Waals surface area contributed by atoms with Crippen molar-refractivity contribution in [1.82, 2.24) is 0 Å². The third-order valence-electron chi connectivity index (χ3n) is 4.28. The number of hydrogen-bond acceptors (Lipinski definition) is 3. The lowest BCUT2D eigenvalue weighted by atomic mass is 9.89. The molecule has 124 valence electrons. The molecule has 0 bridgehead atoms. The first-order valence-corrected chi connectivity index (χ1v) is 8.05. The third-order valence-corrected chi connectivity index (χ3v) is 4.51. The summed E-state index contributed by atoms with van der Waals surface area (Å²) in [6.07, 6.45) is 0.749. The van der Waals surface area contributed by atoms with E-state index in [2.05, 4.69) is 26.0 Å². The summed E-state index contributed by atoms with van der Waals surface area (Å²) in [5, 5.41) is 0.698. The third kappa shape index (κ3) is 3.98. The van der Waals surface area contributed by atoms with Gasteiger partial charge >= 0.3 is 0 Å². The second-order valence-electron chi connectivity index (χ2n) is 5.77. The van der Waals surface area contributed by atoms with E-state index < -0.39 is 0 Å². The van der Waals surface area contributed by atoms with Crippen LogP contribution in [0.4, 0.5) is 0 Å². The van der Waals surface area contributed by atoms with Crippen LogP contribution in [0.3, 0.4) is 0 Å². The number of nitrogens with two attached hydrogens (primary N) is 1. The Bertz CT molecular complexity index is 685. The predicted molar refractivity (Wildman–Crippen MR) is 96.0 cm³/mol. The molecule has 3 nitrogen and oxygen atoms in total. The van der Waals surface area contributed by atoms with Crippen LogP contribution >= 0.6 is 11.6 Å². The summed E-state index contributed by atoms with van der Waals surface area (Å²) >= 11 is 6.14. The normalized spacial score (nSPS) is 12.1. The van der Waals surface area contributed by atoms with Gasteiger partial charge in [0, 0.05) is 10.9 Å². The first kappa shape index (κ1) is 17.6. The standard InChI is InChI=1S/C19H24ClNO2/c1-12-7-17(19(23-4)8-13(12)2)15(11-21)9-14-10-16(20)5-6-18(14)22-3/h5-8,10,15H,9,11,21H2,1-4H3. The van der Waals surface area contributed by atoms with Crippen molar-refractivity contribution < 1.29 is 9.47 Å². The van der Waals surface area contributed by atoms with E-state index in [4.69, 9.17) is 26.8 Å². The number of ether oxygens (including phenoxy) is 2. The molecule has 1 atom stereocenters. The summed E-state index contributed by atoms with van der Waals surface area (Å²) in [5.41, 5.74) is 10.7. The molecule has 2 N–H and O–H groups in total. The van der Waals surface area contributed by atoms with E-state index >= 15 is 0 Å². The Morgan fingerprint density at radius 1 is 1.00 bits per heavy atom. The lowest BCUT2D eigenvalue weighted by Gasteiger charge is -2.21. The van der Waals surface area contributed by atoms with E-state index in [1.54, 1.807) is 14.2 Å². The van der Waals surface area contributed by atoms with Gasteiger partial charge in [-0.15, -0.1) is 0 Å². The van der Waals surface area contributed by atoms with E-state index in [9.17, 15) is 0 Å². The van der Waals surface area contributed by atoms with Crippen LogP contribution in [0.15, 0.2) is 30.3 Å². The summed E-state index contributed by atoms with van der Waals surface area (Å²) in [4.78, 5) is 0. The van der Waals surface area contributed by atoms with Crippen molar-refractivity contribution in [2.45, 2.75) is 26.2 Å². The minimum absolute atomic E-state index is 0.136. The molecule has 2 aromatic carbocycles. The quantitative estimate of drug-likeness (QED) is 0.859. The highest BCUT2D eigenvalue weighted by Gasteiger charge is 2.19. The smallest absolute Gasteiger partial charge is 0.122 e. The number of aryl methyl sites for hydroxylation is 2. The average molecular weight is 334 g/mol. The maximum absolute atomic E-state index is 6.14. The molecule has 0 aliphatic heterocycles. The lowest BCUT2D eigenvalue weighted by molar-refractivity contribution is 0.400. The van der Waals surface area contributed by atoms with E-state index in [1.165, 1.54) is 11.1 Å². The zero-order valence-electron chi connectivity index (χ0n) is 14.2. The molecule has 4 heteroatoms. The van der Waals surface area contributed by atoms with E-state index in [0.717, 1.165) is 29.0 Å². The summed E-state index contributed by atoms with van der Waals surface area (Å²) in [6, 6.07) is 9.91. The Morgan fingerprint density at radius 2 is 1.65 bits per heavy atom. The highest BCUT2D eigenvalue weighted by Crippen LogP contribution is 2.34. The van der Waals surface area contributed by atoms with Crippen molar-refractivity contribution in [1.29, 1.82) is 0 Å². The average Bonchev–Trinajstić information content (AvgIpc) is 2.55. The van der Waals surface area contributed by atoms with Crippen LogP contribution in [-0.4, -0.2) is 20.8 Å².